The molecule has 0 aliphatic carbocycles. The highest BCUT2D eigenvalue weighted by Crippen LogP contribution is 2.46. The first-order chi connectivity index (χ1) is 15.2. The van der Waals surface area contributed by atoms with Crippen molar-refractivity contribution in [3.63, 3.8) is 0 Å². The van der Waals surface area contributed by atoms with Crippen molar-refractivity contribution in [2.45, 2.75) is 25.4 Å². The van der Waals surface area contributed by atoms with E-state index in [0.717, 1.165) is 42.0 Å². The summed E-state index contributed by atoms with van der Waals surface area (Å²) in [5.74, 6) is 2.29. The molecule has 1 aromatic heterocycles. The SMILES string of the molecule is COc1ccc2c(c1OC(=O)c1ccco1)CN1CCc3cc4c(cc3C1C2)OCO4. The Morgan fingerprint density at radius 1 is 1.13 bits per heavy atom. The molecular formula is C24H21NO6. The van der Waals surface area contributed by atoms with E-state index in [4.69, 9.17) is 23.4 Å². The van der Waals surface area contributed by atoms with Crippen molar-refractivity contribution < 1.29 is 28.2 Å². The molecule has 1 atom stereocenters. The van der Waals surface area contributed by atoms with Crippen molar-refractivity contribution >= 4 is 5.97 Å². The van der Waals surface area contributed by atoms with Gasteiger partial charge in [-0.2, -0.15) is 0 Å². The maximum absolute atomic E-state index is 12.6. The van der Waals surface area contributed by atoms with Crippen LogP contribution in [0, 0.1) is 0 Å². The third-order valence-corrected chi connectivity index (χ3v) is 6.34. The summed E-state index contributed by atoms with van der Waals surface area (Å²) in [6.45, 7) is 1.87. The molecule has 0 spiro atoms. The van der Waals surface area contributed by atoms with Crippen LogP contribution in [0.4, 0.5) is 0 Å². The molecule has 6 rings (SSSR count). The Kier molecular flexibility index (Phi) is 4.17. The molecular weight excluding hydrogens is 398 g/mol. The molecule has 7 nitrogen and oxygen atoms in total. The van der Waals surface area contributed by atoms with E-state index < -0.39 is 5.97 Å². The van der Waals surface area contributed by atoms with Gasteiger partial charge in [0, 0.05) is 24.7 Å². The lowest BCUT2D eigenvalue weighted by atomic mass is 9.83. The predicted octanol–water partition coefficient (Wildman–Crippen LogP) is 3.89. The van der Waals surface area contributed by atoms with Crippen LogP contribution in [-0.2, 0) is 19.4 Å². The standard InChI is InChI=1S/C24H21NO6/c1-27-19-5-4-14-9-18-16-11-22-21(29-13-30-22)10-15(16)6-7-25(18)12-17(14)23(19)31-24(26)20-3-2-8-28-20/h2-5,8,10-11,18H,6-7,9,12-13H2,1H3. The van der Waals surface area contributed by atoms with Crippen molar-refractivity contribution in [1.29, 1.82) is 0 Å². The third kappa shape index (κ3) is 2.96. The summed E-state index contributed by atoms with van der Waals surface area (Å²) in [6, 6.07) is 11.7. The summed E-state index contributed by atoms with van der Waals surface area (Å²) in [5, 5.41) is 0. The van der Waals surface area contributed by atoms with E-state index in [1.165, 1.54) is 17.4 Å². The van der Waals surface area contributed by atoms with E-state index in [1.807, 2.05) is 6.07 Å². The number of carbonyl (C=O) groups is 1. The summed E-state index contributed by atoms with van der Waals surface area (Å²) in [5.41, 5.74) is 4.73. The molecule has 0 saturated carbocycles. The molecule has 2 aromatic carbocycles. The van der Waals surface area contributed by atoms with E-state index in [9.17, 15) is 4.79 Å². The highest BCUT2D eigenvalue weighted by Gasteiger charge is 2.36. The summed E-state index contributed by atoms with van der Waals surface area (Å²) in [7, 11) is 1.58. The number of hydrogen-bond donors (Lipinski definition) is 0. The number of rotatable bonds is 3. The third-order valence-electron chi connectivity index (χ3n) is 6.34. The van der Waals surface area contributed by atoms with Gasteiger partial charge in [-0.25, -0.2) is 4.79 Å². The molecule has 31 heavy (non-hydrogen) atoms. The first-order valence-corrected chi connectivity index (χ1v) is 10.3. The van der Waals surface area contributed by atoms with Crippen molar-refractivity contribution in [2.24, 2.45) is 0 Å². The number of carbonyl (C=O) groups excluding carboxylic acids is 1. The van der Waals surface area contributed by atoms with Crippen molar-refractivity contribution in [2.75, 3.05) is 20.4 Å². The maximum atomic E-state index is 12.6. The molecule has 0 saturated heterocycles. The lowest BCUT2D eigenvalue weighted by Gasteiger charge is -2.41. The summed E-state index contributed by atoms with van der Waals surface area (Å²) in [6.07, 6.45) is 3.20. The van der Waals surface area contributed by atoms with Crippen LogP contribution >= 0.6 is 0 Å². The fourth-order valence-electron chi connectivity index (χ4n) is 4.80. The van der Waals surface area contributed by atoms with Gasteiger partial charge in [-0.05, 0) is 59.9 Å². The van der Waals surface area contributed by atoms with Gasteiger partial charge in [0.25, 0.3) is 0 Å². The number of esters is 1. The van der Waals surface area contributed by atoms with Crippen molar-refractivity contribution in [1.82, 2.24) is 4.90 Å². The van der Waals surface area contributed by atoms with E-state index in [2.05, 4.69) is 23.1 Å². The second-order valence-electron chi connectivity index (χ2n) is 7.95. The number of benzene rings is 2. The topological polar surface area (TPSA) is 70.4 Å². The monoisotopic (exact) mass is 419 g/mol. The Labute approximate surface area is 179 Å². The normalized spacial score (nSPS) is 18.7. The number of fused-ring (bicyclic) bond motifs is 5. The molecule has 0 radical (unpaired) electrons. The maximum Gasteiger partial charge on any atom is 0.379 e. The smallest absolute Gasteiger partial charge is 0.379 e. The van der Waals surface area contributed by atoms with Crippen LogP contribution in [0.1, 0.15) is 38.9 Å². The second kappa shape index (κ2) is 7.06. The molecule has 158 valence electrons. The van der Waals surface area contributed by atoms with Gasteiger partial charge in [0.15, 0.2) is 23.0 Å². The largest absolute Gasteiger partial charge is 0.493 e. The van der Waals surface area contributed by atoms with Crippen molar-refractivity contribution in [3.05, 3.63) is 70.7 Å². The van der Waals surface area contributed by atoms with Crippen LogP contribution in [0.3, 0.4) is 0 Å². The van der Waals surface area contributed by atoms with Crippen molar-refractivity contribution in [3.8, 4) is 23.0 Å². The van der Waals surface area contributed by atoms with Gasteiger partial charge in [-0.1, -0.05) is 6.07 Å². The minimum absolute atomic E-state index is 0.163. The molecule has 0 bridgehead atoms. The van der Waals surface area contributed by atoms with E-state index >= 15 is 0 Å². The van der Waals surface area contributed by atoms with Crippen LogP contribution in [0.5, 0.6) is 23.0 Å². The minimum Gasteiger partial charge on any atom is -0.493 e. The Hall–Kier alpha value is -3.45. The lowest BCUT2D eigenvalue weighted by molar-refractivity contribution is 0.0689. The zero-order valence-corrected chi connectivity index (χ0v) is 17.1. The van der Waals surface area contributed by atoms with Gasteiger partial charge in [-0.3, -0.25) is 4.90 Å². The fourth-order valence-corrected chi connectivity index (χ4v) is 4.80. The van der Waals surface area contributed by atoms with Crippen LogP contribution in [0.25, 0.3) is 0 Å². The van der Waals surface area contributed by atoms with Crippen LogP contribution in [0.2, 0.25) is 0 Å². The fraction of sp³-hybridized carbons (Fsp3) is 0.292. The molecule has 3 aliphatic rings. The van der Waals surface area contributed by atoms with E-state index in [0.29, 0.717) is 18.0 Å². The Morgan fingerprint density at radius 2 is 2.00 bits per heavy atom. The summed E-state index contributed by atoms with van der Waals surface area (Å²) < 4.78 is 27.7. The van der Waals surface area contributed by atoms with Crippen LogP contribution in [0.15, 0.2) is 47.1 Å². The molecule has 4 heterocycles. The Bertz CT molecular complexity index is 1170. The zero-order chi connectivity index (χ0) is 20.9. The molecule has 3 aromatic rings. The second-order valence-corrected chi connectivity index (χ2v) is 7.95. The van der Waals surface area contributed by atoms with Gasteiger partial charge < -0.3 is 23.4 Å². The van der Waals surface area contributed by atoms with Crippen LogP contribution < -0.4 is 18.9 Å². The highest BCUT2D eigenvalue weighted by molar-refractivity contribution is 5.88. The Morgan fingerprint density at radius 3 is 2.81 bits per heavy atom. The number of nitrogens with zero attached hydrogens (tertiary/aromatic N) is 1. The number of hydrogen-bond acceptors (Lipinski definition) is 7. The zero-order valence-electron chi connectivity index (χ0n) is 17.1. The molecule has 0 fully saturated rings. The molecule has 3 aliphatic heterocycles. The molecule has 0 N–H and O–H groups in total. The van der Waals surface area contributed by atoms with Gasteiger partial charge in [0.05, 0.1) is 13.4 Å². The van der Waals surface area contributed by atoms with E-state index in [1.54, 1.807) is 19.2 Å². The first-order valence-electron chi connectivity index (χ1n) is 10.3. The van der Waals surface area contributed by atoms with Crippen LogP contribution in [-0.4, -0.2) is 31.3 Å². The molecule has 0 amide bonds. The average molecular weight is 419 g/mol. The number of furan rings is 1. The first kappa shape index (κ1) is 18.3. The van der Waals surface area contributed by atoms with Gasteiger partial charge in [0.1, 0.15) is 0 Å². The van der Waals surface area contributed by atoms with Gasteiger partial charge in [-0.15, -0.1) is 0 Å². The number of methoxy groups -OCH3 is 1. The molecule has 7 heteroatoms. The lowest BCUT2D eigenvalue weighted by Crippen LogP contribution is -2.39. The average Bonchev–Trinajstić information content (AvgIpc) is 3.48. The minimum atomic E-state index is -0.532. The highest BCUT2D eigenvalue weighted by atomic mass is 16.7. The van der Waals surface area contributed by atoms with Gasteiger partial charge in [0.2, 0.25) is 12.6 Å². The Balaban J connectivity index is 1.37. The molecule has 1 unspecified atom stereocenters. The summed E-state index contributed by atoms with van der Waals surface area (Å²) in [4.78, 5) is 15.0. The number of ether oxygens (including phenoxy) is 4. The van der Waals surface area contributed by atoms with Gasteiger partial charge >= 0.3 is 5.97 Å². The quantitative estimate of drug-likeness (QED) is 0.471. The summed E-state index contributed by atoms with van der Waals surface area (Å²) >= 11 is 0. The van der Waals surface area contributed by atoms with E-state index in [-0.39, 0.29) is 18.6 Å². The predicted molar refractivity (Wildman–Crippen MR) is 110 cm³/mol.